The zero-order valence-corrected chi connectivity index (χ0v) is 11.7. The molecule has 0 saturated carbocycles. The van der Waals surface area contributed by atoms with E-state index in [1.165, 1.54) is 12.8 Å². The van der Waals surface area contributed by atoms with Gasteiger partial charge in [-0.15, -0.1) is 0 Å². The molecule has 0 bridgehead atoms. The van der Waals surface area contributed by atoms with Crippen molar-refractivity contribution in [3.63, 3.8) is 0 Å². The Labute approximate surface area is 114 Å². The van der Waals surface area contributed by atoms with Crippen molar-refractivity contribution in [1.82, 2.24) is 20.7 Å². The van der Waals surface area contributed by atoms with Gasteiger partial charge >= 0.3 is 0 Å². The second-order valence-electron chi connectivity index (χ2n) is 5.20. The van der Waals surface area contributed by atoms with E-state index in [4.69, 9.17) is 0 Å². The molecular formula is C15H22N4. The first-order valence-electron chi connectivity index (χ1n) is 6.93. The number of rotatable bonds is 7. The molecule has 19 heavy (non-hydrogen) atoms. The molecule has 0 saturated heterocycles. The van der Waals surface area contributed by atoms with E-state index in [1.807, 2.05) is 18.2 Å². The van der Waals surface area contributed by atoms with Crippen LogP contribution in [0.25, 0.3) is 11.3 Å². The summed E-state index contributed by atoms with van der Waals surface area (Å²) in [5.74, 6) is 0.772. The number of nitrogens with one attached hydrogen (secondary N) is 2. The second-order valence-corrected chi connectivity index (χ2v) is 5.20. The van der Waals surface area contributed by atoms with Crippen LogP contribution in [0, 0.1) is 5.92 Å². The van der Waals surface area contributed by atoms with E-state index in [9.17, 15) is 0 Å². The third-order valence-corrected chi connectivity index (χ3v) is 3.09. The average Bonchev–Trinajstić information content (AvgIpc) is 2.87. The second kappa shape index (κ2) is 7.04. The number of aromatic nitrogens is 3. The van der Waals surface area contributed by atoms with Gasteiger partial charge in [-0.2, -0.15) is 15.4 Å². The van der Waals surface area contributed by atoms with Crippen molar-refractivity contribution < 1.29 is 0 Å². The van der Waals surface area contributed by atoms with Crippen LogP contribution in [0.5, 0.6) is 0 Å². The summed E-state index contributed by atoms with van der Waals surface area (Å²) in [5, 5.41) is 14.6. The Morgan fingerprint density at radius 3 is 2.68 bits per heavy atom. The fourth-order valence-corrected chi connectivity index (χ4v) is 2.05. The summed E-state index contributed by atoms with van der Waals surface area (Å²) >= 11 is 0. The van der Waals surface area contributed by atoms with Crippen LogP contribution in [0.15, 0.2) is 30.3 Å². The Balaban J connectivity index is 1.87. The van der Waals surface area contributed by atoms with Gasteiger partial charge in [-0.1, -0.05) is 44.2 Å². The molecule has 2 aromatic rings. The Morgan fingerprint density at radius 2 is 1.95 bits per heavy atom. The average molecular weight is 258 g/mol. The van der Waals surface area contributed by atoms with E-state index in [1.54, 1.807) is 0 Å². The highest BCUT2D eigenvalue weighted by Gasteiger charge is 2.09. The molecule has 1 aromatic carbocycles. The molecular weight excluding hydrogens is 236 g/mol. The number of hydrogen-bond acceptors (Lipinski definition) is 3. The van der Waals surface area contributed by atoms with Crippen molar-refractivity contribution in [2.75, 3.05) is 6.54 Å². The summed E-state index contributed by atoms with van der Waals surface area (Å²) in [6, 6.07) is 10.2. The highest BCUT2D eigenvalue weighted by atomic mass is 15.3. The number of hydrogen-bond donors (Lipinski definition) is 2. The molecule has 102 valence electrons. The topological polar surface area (TPSA) is 53.6 Å². The van der Waals surface area contributed by atoms with E-state index in [0.717, 1.165) is 36.0 Å². The zero-order valence-electron chi connectivity index (χ0n) is 11.7. The molecule has 4 heteroatoms. The summed E-state index contributed by atoms with van der Waals surface area (Å²) in [4.78, 5) is 0. The normalized spacial score (nSPS) is 11.1. The molecule has 2 N–H and O–H groups in total. The van der Waals surface area contributed by atoms with Crippen molar-refractivity contribution >= 4 is 0 Å². The van der Waals surface area contributed by atoms with Crippen LogP contribution in [0.2, 0.25) is 0 Å². The summed E-state index contributed by atoms with van der Waals surface area (Å²) in [6.45, 7) is 6.30. The fourth-order valence-electron chi connectivity index (χ4n) is 2.05. The van der Waals surface area contributed by atoms with E-state index >= 15 is 0 Å². The van der Waals surface area contributed by atoms with Crippen LogP contribution in [-0.2, 0) is 6.54 Å². The number of aromatic amines is 1. The molecule has 0 aliphatic heterocycles. The Hall–Kier alpha value is -1.68. The minimum Gasteiger partial charge on any atom is -0.311 e. The highest BCUT2D eigenvalue weighted by molar-refractivity contribution is 5.60. The van der Waals surface area contributed by atoms with E-state index < -0.39 is 0 Å². The lowest BCUT2D eigenvalue weighted by Crippen LogP contribution is -2.16. The molecule has 1 heterocycles. The van der Waals surface area contributed by atoms with Crippen LogP contribution >= 0.6 is 0 Å². The van der Waals surface area contributed by atoms with Gasteiger partial charge in [-0.3, -0.25) is 0 Å². The number of H-pyrrole nitrogens is 1. The van der Waals surface area contributed by atoms with Crippen LogP contribution in [-0.4, -0.2) is 22.0 Å². The maximum absolute atomic E-state index is 4.24. The minimum atomic E-state index is 0.763. The molecule has 0 amide bonds. The van der Waals surface area contributed by atoms with Gasteiger partial charge < -0.3 is 5.32 Å². The molecule has 0 aliphatic rings. The van der Waals surface area contributed by atoms with Crippen LogP contribution in [0.3, 0.4) is 0 Å². The van der Waals surface area contributed by atoms with Crippen molar-refractivity contribution in [3.8, 4) is 11.3 Å². The summed E-state index contributed by atoms with van der Waals surface area (Å²) in [5.41, 5.74) is 3.03. The Kier molecular flexibility index (Phi) is 5.10. The van der Waals surface area contributed by atoms with Gasteiger partial charge in [0, 0.05) is 12.1 Å². The van der Waals surface area contributed by atoms with Gasteiger partial charge in [0.1, 0.15) is 11.4 Å². The van der Waals surface area contributed by atoms with Crippen molar-refractivity contribution in [3.05, 3.63) is 36.0 Å². The van der Waals surface area contributed by atoms with Gasteiger partial charge in [0.2, 0.25) is 0 Å². The molecule has 0 unspecified atom stereocenters. The summed E-state index contributed by atoms with van der Waals surface area (Å²) in [7, 11) is 0. The summed E-state index contributed by atoms with van der Waals surface area (Å²) < 4.78 is 0. The van der Waals surface area contributed by atoms with Crippen LogP contribution in [0.4, 0.5) is 0 Å². The molecule has 0 spiro atoms. The molecule has 0 atom stereocenters. The van der Waals surface area contributed by atoms with Crippen molar-refractivity contribution in [1.29, 1.82) is 0 Å². The zero-order chi connectivity index (χ0) is 13.5. The smallest absolute Gasteiger partial charge is 0.117 e. The predicted octanol–water partition coefficient (Wildman–Crippen LogP) is 3.00. The van der Waals surface area contributed by atoms with Gasteiger partial charge in [0.25, 0.3) is 0 Å². The predicted molar refractivity (Wildman–Crippen MR) is 77.6 cm³/mol. The lowest BCUT2D eigenvalue weighted by Gasteiger charge is -2.06. The van der Waals surface area contributed by atoms with Gasteiger partial charge in [0.05, 0.1) is 0 Å². The first kappa shape index (κ1) is 13.7. The molecule has 4 nitrogen and oxygen atoms in total. The summed E-state index contributed by atoms with van der Waals surface area (Å²) in [6.07, 6.45) is 2.47. The third-order valence-electron chi connectivity index (χ3n) is 3.09. The van der Waals surface area contributed by atoms with Crippen molar-refractivity contribution in [2.45, 2.75) is 33.2 Å². The SMILES string of the molecule is CC(C)CCCNCc1n[nH]nc1-c1ccccc1. The molecule has 0 radical (unpaired) electrons. The standard InChI is InChI=1S/C15H22N4/c1-12(2)7-6-10-16-11-14-15(18-19-17-14)13-8-4-3-5-9-13/h3-5,8-9,12,16H,6-7,10-11H2,1-2H3,(H,17,18,19). The van der Waals surface area contributed by atoms with E-state index in [0.29, 0.717) is 0 Å². The largest absolute Gasteiger partial charge is 0.311 e. The maximum atomic E-state index is 4.24. The third kappa shape index (κ3) is 4.17. The van der Waals surface area contributed by atoms with Crippen molar-refractivity contribution in [2.24, 2.45) is 5.92 Å². The minimum absolute atomic E-state index is 0.763. The van der Waals surface area contributed by atoms with Gasteiger partial charge in [-0.05, 0) is 25.3 Å². The number of nitrogens with zero attached hydrogens (tertiary/aromatic N) is 2. The lowest BCUT2D eigenvalue weighted by molar-refractivity contribution is 0.526. The van der Waals surface area contributed by atoms with Gasteiger partial charge in [-0.25, -0.2) is 0 Å². The lowest BCUT2D eigenvalue weighted by atomic mass is 10.1. The van der Waals surface area contributed by atoms with E-state index in [-0.39, 0.29) is 0 Å². The molecule has 1 aromatic heterocycles. The highest BCUT2D eigenvalue weighted by Crippen LogP contribution is 2.18. The van der Waals surface area contributed by atoms with Gasteiger partial charge in [0.15, 0.2) is 0 Å². The molecule has 0 fully saturated rings. The van der Waals surface area contributed by atoms with E-state index in [2.05, 4.69) is 46.7 Å². The molecule has 2 rings (SSSR count). The monoisotopic (exact) mass is 258 g/mol. The fraction of sp³-hybridized carbons (Fsp3) is 0.467. The first-order chi connectivity index (χ1) is 9.27. The van der Waals surface area contributed by atoms with Crippen LogP contribution < -0.4 is 5.32 Å². The Morgan fingerprint density at radius 1 is 1.16 bits per heavy atom. The quantitative estimate of drug-likeness (QED) is 0.751. The van der Waals surface area contributed by atoms with Crippen LogP contribution in [0.1, 0.15) is 32.4 Å². The maximum Gasteiger partial charge on any atom is 0.117 e. The first-order valence-corrected chi connectivity index (χ1v) is 6.93. The molecule has 0 aliphatic carbocycles. The number of benzene rings is 1. The Bertz CT molecular complexity index is 476.